The lowest BCUT2D eigenvalue weighted by Gasteiger charge is -2.23. The van der Waals surface area contributed by atoms with Crippen LogP contribution >= 0.6 is 11.8 Å². The average Bonchev–Trinajstić information content (AvgIpc) is 2.71. The zero-order chi connectivity index (χ0) is 10.5. The molecule has 0 radical (unpaired) electrons. The van der Waals surface area contributed by atoms with Gasteiger partial charge in [0.2, 0.25) is 0 Å². The maximum Gasteiger partial charge on any atom is 0.315 e. The lowest BCUT2D eigenvalue weighted by molar-refractivity contribution is 0.233. The van der Waals surface area contributed by atoms with E-state index in [0.29, 0.717) is 12.1 Å². The van der Waals surface area contributed by atoms with Gasteiger partial charge < -0.3 is 10.6 Å². The molecule has 1 aliphatic heterocycles. The van der Waals surface area contributed by atoms with Crippen LogP contribution in [0.25, 0.3) is 0 Å². The Morgan fingerprint density at radius 3 is 2.33 bits per heavy atom. The molecule has 1 saturated heterocycles. The molecule has 1 atom stereocenters. The van der Waals surface area contributed by atoms with E-state index in [4.69, 9.17) is 0 Å². The number of hydrogen-bond donors (Lipinski definition) is 2. The summed E-state index contributed by atoms with van der Waals surface area (Å²) in [5.74, 6) is 2.33. The van der Waals surface area contributed by atoms with Gasteiger partial charge in [0.25, 0.3) is 0 Å². The number of amides is 2. The minimum Gasteiger partial charge on any atom is -0.335 e. The highest BCUT2D eigenvalue weighted by Crippen LogP contribution is 2.18. The highest BCUT2D eigenvalue weighted by atomic mass is 32.2. The van der Waals surface area contributed by atoms with Gasteiger partial charge in [0.15, 0.2) is 0 Å². The van der Waals surface area contributed by atoms with Crippen molar-refractivity contribution < 1.29 is 4.79 Å². The number of nitrogens with one attached hydrogen (secondary N) is 2. The van der Waals surface area contributed by atoms with Crippen LogP contribution in [0.4, 0.5) is 4.79 Å². The number of carbonyl (C=O) groups is 1. The van der Waals surface area contributed by atoms with Crippen molar-refractivity contribution in [3.8, 4) is 0 Å². The molecule has 0 aromatic heterocycles. The van der Waals surface area contributed by atoms with Crippen LogP contribution in [0.15, 0.2) is 0 Å². The number of thioether (sulfide) groups is 1. The molecule has 1 aliphatic carbocycles. The van der Waals surface area contributed by atoms with Crippen molar-refractivity contribution in [1.82, 2.24) is 10.6 Å². The molecule has 4 heteroatoms. The molecule has 1 unspecified atom stereocenters. The third-order valence-electron chi connectivity index (χ3n) is 3.19. The summed E-state index contributed by atoms with van der Waals surface area (Å²) in [6, 6.07) is 0.876. The third kappa shape index (κ3) is 3.59. The van der Waals surface area contributed by atoms with Crippen molar-refractivity contribution in [2.75, 3.05) is 11.5 Å². The average molecular weight is 228 g/mol. The first-order valence-electron chi connectivity index (χ1n) is 5.99. The molecule has 0 bridgehead atoms. The molecule has 0 aromatic rings. The van der Waals surface area contributed by atoms with Gasteiger partial charge in [-0.05, 0) is 31.4 Å². The number of carbonyl (C=O) groups excluding carboxylic acids is 1. The Hall–Kier alpha value is -0.380. The monoisotopic (exact) mass is 228 g/mol. The number of hydrogen-bond acceptors (Lipinski definition) is 2. The molecule has 1 saturated carbocycles. The first-order valence-corrected chi connectivity index (χ1v) is 7.15. The van der Waals surface area contributed by atoms with Gasteiger partial charge in [0.05, 0.1) is 0 Å². The van der Waals surface area contributed by atoms with Crippen LogP contribution in [0, 0.1) is 0 Å². The van der Waals surface area contributed by atoms with E-state index in [2.05, 4.69) is 10.6 Å². The molecule has 1 heterocycles. The largest absolute Gasteiger partial charge is 0.335 e. The fourth-order valence-electron chi connectivity index (χ4n) is 2.34. The molecular weight excluding hydrogens is 208 g/mol. The van der Waals surface area contributed by atoms with E-state index in [1.54, 1.807) is 0 Å². The van der Waals surface area contributed by atoms with Crippen LogP contribution in [0.3, 0.4) is 0 Å². The molecule has 3 nitrogen and oxygen atoms in total. The van der Waals surface area contributed by atoms with Gasteiger partial charge in [-0.3, -0.25) is 0 Å². The normalized spacial score (nSPS) is 27.6. The van der Waals surface area contributed by atoms with Gasteiger partial charge in [-0.15, -0.1) is 0 Å². The van der Waals surface area contributed by atoms with Gasteiger partial charge in [0.1, 0.15) is 0 Å². The number of rotatable bonds is 2. The maximum atomic E-state index is 11.6. The minimum atomic E-state index is 0.0504. The molecular formula is C11H20N2OS. The van der Waals surface area contributed by atoms with Crippen LogP contribution in [0.5, 0.6) is 0 Å². The standard InChI is InChI=1S/C11H20N2OS/c14-11(12-9-4-1-2-5-9)13-10-6-3-7-15-8-10/h9-10H,1-8H2,(H2,12,13,14). The van der Waals surface area contributed by atoms with Gasteiger partial charge in [0, 0.05) is 17.8 Å². The van der Waals surface area contributed by atoms with E-state index in [9.17, 15) is 4.79 Å². The topological polar surface area (TPSA) is 41.1 Å². The Morgan fingerprint density at radius 1 is 1.00 bits per heavy atom. The van der Waals surface area contributed by atoms with Crippen LogP contribution in [-0.4, -0.2) is 29.6 Å². The molecule has 2 amide bonds. The molecule has 2 rings (SSSR count). The molecule has 2 N–H and O–H groups in total. The van der Waals surface area contributed by atoms with Crippen LogP contribution < -0.4 is 10.6 Å². The smallest absolute Gasteiger partial charge is 0.315 e. The summed E-state index contributed by atoms with van der Waals surface area (Å²) in [4.78, 5) is 11.6. The van der Waals surface area contributed by atoms with Gasteiger partial charge in [-0.1, -0.05) is 12.8 Å². The van der Waals surface area contributed by atoms with E-state index < -0.39 is 0 Å². The lowest BCUT2D eigenvalue weighted by atomic mass is 10.2. The minimum absolute atomic E-state index is 0.0504. The summed E-state index contributed by atoms with van der Waals surface area (Å²) < 4.78 is 0. The second kappa shape index (κ2) is 5.64. The second-order valence-corrected chi connectivity index (χ2v) is 5.66. The van der Waals surface area contributed by atoms with Gasteiger partial charge in [-0.2, -0.15) is 11.8 Å². The van der Waals surface area contributed by atoms with E-state index >= 15 is 0 Å². The van der Waals surface area contributed by atoms with E-state index in [-0.39, 0.29) is 6.03 Å². The Bertz CT molecular complexity index is 211. The van der Waals surface area contributed by atoms with Crippen molar-refractivity contribution in [1.29, 1.82) is 0 Å². The van der Waals surface area contributed by atoms with Crippen molar-refractivity contribution in [3.05, 3.63) is 0 Å². The molecule has 2 aliphatic rings. The first kappa shape index (κ1) is 11.1. The second-order valence-electron chi connectivity index (χ2n) is 4.51. The summed E-state index contributed by atoms with van der Waals surface area (Å²) >= 11 is 1.95. The Morgan fingerprint density at radius 2 is 1.67 bits per heavy atom. The van der Waals surface area contributed by atoms with E-state index in [1.165, 1.54) is 25.0 Å². The summed E-state index contributed by atoms with van der Waals surface area (Å²) in [6.07, 6.45) is 7.23. The Labute approximate surface area is 95.8 Å². The highest BCUT2D eigenvalue weighted by molar-refractivity contribution is 7.99. The van der Waals surface area contributed by atoms with Gasteiger partial charge >= 0.3 is 6.03 Å². The predicted octanol–water partition coefficient (Wildman–Crippen LogP) is 2.12. The van der Waals surface area contributed by atoms with Crippen LogP contribution in [0.2, 0.25) is 0 Å². The van der Waals surface area contributed by atoms with Crippen molar-refractivity contribution in [2.45, 2.75) is 50.6 Å². The van der Waals surface area contributed by atoms with Crippen molar-refractivity contribution in [3.63, 3.8) is 0 Å². The molecule has 0 spiro atoms. The maximum absolute atomic E-state index is 11.6. The molecule has 2 fully saturated rings. The van der Waals surface area contributed by atoms with E-state index in [0.717, 1.165) is 25.0 Å². The Balaban J connectivity index is 1.66. The first-order chi connectivity index (χ1) is 7.34. The Kier molecular flexibility index (Phi) is 4.18. The summed E-state index contributed by atoms with van der Waals surface area (Å²) in [5.41, 5.74) is 0. The zero-order valence-electron chi connectivity index (χ0n) is 9.13. The molecule has 0 aromatic carbocycles. The lowest BCUT2D eigenvalue weighted by Crippen LogP contribution is -2.47. The fourth-order valence-corrected chi connectivity index (χ4v) is 3.41. The van der Waals surface area contributed by atoms with Crippen molar-refractivity contribution >= 4 is 17.8 Å². The third-order valence-corrected chi connectivity index (χ3v) is 4.40. The van der Waals surface area contributed by atoms with Crippen LogP contribution in [0.1, 0.15) is 38.5 Å². The van der Waals surface area contributed by atoms with Crippen LogP contribution in [-0.2, 0) is 0 Å². The predicted molar refractivity (Wildman–Crippen MR) is 64.3 cm³/mol. The summed E-state index contributed by atoms with van der Waals surface area (Å²) in [5, 5.41) is 6.14. The van der Waals surface area contributed by atoms with E-state index in [1.807, 2.05) is 11.8 Å². The van der Waals surface area contributed by atoms with Crippen molar-refractivity contribution in [2.24, 2.45) is 0 Å². The summed E-state index contributed by atoms with van der Waals surface area (Å²) in [7, 11) is 0. The quantitative estimate of drug-likeness (QED) is 0.760. The molecule has 15 heavy (non-hydrogen) atoms. The highest BCUT2D eigenvalue weighted by Gasteiger charge is 2.20. The SMILES string of the molecule is O=C(NC1CCCC1)NC1CCCSC1. The van der Waals surface area contributed by atoms with Gasteiger partial charge in [-0.25, -0.2) is 4.79 Å². The fraction of sp³-hybridized carbons (Fsp3) is 0.909. The zero-order valence-corrected chi connectivity index (χ0v) is 9.94. The molecule has 86 valence electrons. The summed E-state index contributed by atoms with van der Waals surface area (Å²) in [6.45, 7) is 0. The number of urea groups is 1.